The highest BCUT2D eigenvalue weighted by atomic mass is 19.1. The van der Waals surface area contributed by atoms with Crippen LogP contribution in [0.25, 0.3) is 0 Å². The third kappa shape index (κ3) is 5.51. The van der Waals surface area contributed by atoms with Crippen LogP contribution in [0.15, 0.2) is 67.0 Å². The first kappa shape index (κ1) is 20.3. The number of carbonyl (C=O) groups is 2. The van der Waals surface area contributed by atoms with Gasteiger partial charge in [0.15, 0.2) is 0 Å². The van der Waals surface area contributed by atoms with Gasteiger partial charge >= 0.3 is 0 Å². The summed E-state index contributed by atoms with van der Waals surface area (Å²) in [5.74, 6) is -0.635. The zero-order valence-corrected chi connectivity index (χ0v) is 16.4. The normalized spacial score (nSPS) is 11.7. The Labute approximate surface area is 169 Å². The Morgan fingerprint density at radius 1 is 1.14 bits per heavy atom. The molecule has 0 radical (unpaired) electrons. The quantitative estimate of drug-likeness (QED) is 0.667. The molecule has 0 unspecified atom stereocenters. The molecule has 2 aromatic carbocycles. The molecule has 0 spiro atoms. The van der Waals surface area contributed by atoms with Gasteiger partial charge in [-0.05, 0) is 35.7 Å². The van der Waals surface area contributed by atoms with E-state index in [1.54, 1.807) is 18.1 Å². The number of likely N-dealkylation sites (N-methyl/N-ethyl adjacent to an activating group) is 1. The fourth-order valence-corrected chi connectivity index (χ4v) is 2.98. The van der Waals surface area contributed by atoms with Crippen LogP contribution in [0.2, 0.25) is 0 Å². The molecule has 1 N–H and O–H groups in total. The Hall–Kier alpha value is -3.48. The van der Waals surface area contributed by atoms with Crippen molar-refractivity contribution in [2.75, 3.05) is 18.9 Å². The second-order valence-electron chi connectivity index (χ2n) is 6.97. The standard InChI is InChI=1S/C22H23FN4O2/c1-16(17-6-4-3-5-7-17)13-26(2)21(28)15-27-14-20(12-24-27)25-22(29)18-8-10-19(23)11-9-18/h3-12,14,16H,13,15H2,1-2H3,(H,25,29)/t16-/m0/s1. The summed E-state index contributed by atoms with van der Waals surface area (Å²) in [5, 5.41) is 6.82. The predicted octanol–water partition coefficient (Wildman–Crippen LogP) is 3.54. The summed E-state index contributed by atoms with van der Waals surface area (Å²) in [6.45, 7) is 2.75. The highest BCUT2D eigenvalue weighted by molar-refractivity contribution is 6.04. The summed E-state index contributed by atoms with van der Waals surface area (Å²) >= 11 is 0. The van der Waals surface area contributed by atoms with E-state index in [0.29, 0.717) is 17.8 Å². The lowest BCUT2D eigenvalue weighted by Gasteiger charge is -2.22. The Kier molecular flexibility index (Phi) is 6.39. The topological polar surface area (TPSA) is 67.2 Å². The number of anilines is 1. The number of carbonyl (C=O) groups excluding carboxylic acids is 2. The SMILES string of the molecule is C[C@@H](CN(C)C(=O)Cn1cc(NC(=O)c2ccc(F)cc2)cn1)c1ccccc1. The van der Waals surface area contributed by atoms with Gasteiger partial charge in [-0.2, -0.15) is 5.10 Å². The minimum Gasteiger partial charge on any atom is -0.344 e. The molecule has 0 aliphatic heterocycles. The molecule has 0 aliphatic carbocycles. The van der Waals surface area contributed by atoms with Gasteiger partial charge in [0, 0.05) is 25.4 Å². The van der Waals surface area contributed by atoms with Gasteiger partial charge in [-0.1, -0.05) is 37.3 Å². The first-order valence-corrected chi connectivity index (χ1v) is 9.30. The number of benzene rings is 2. The van der Waals surface area contributed by atoms with Gasteiger partial charge in [0.05, 0.1) is 11.9 Å². The number of halogens is 1. The second-order valence-corrected chi connectivity index (χ2v) is 6.97. The lowest BCUT2D eigenvalue weighted by atomic mass is 10.0. The Morgan fingerprint density at radius 3 is 2.52 bits per heavy atom. The van der Waals surface area contributed by atoms with Gasteiger partial charge in [0.25, 0.3) is 5.91 Å². The number of rotatable bonds is 7. The molecule has 3 rings (SSSR count). The van der Waals surface area contributed by atoms with E-state index in [1.165, 1.54) is 40.7 Å². The van der Waals surface area contributed by atoms with Crippen LogP contribution in [-0.4, -0.2) is 40.1 Å². The maximum atomic E-state index is 13.0. The van der Waals surface area contributed by atoms with Crippen molar-refractivity contribution in [1.82, 2.24) is 14.7 Å². The Bertz CT molecular complexity index is 970. The highest BCUT2D eigenvalue weighted by Gasteiger charge is 2.15. The largest absolute Gasteiger partial charge is 0.344 e. The van der Waals surface area contributed by atoms with E-state index in [-0.39, 0.29) is 24.3 Å². The fraction of sp³-hybridized carbons (Fsp3) is 0.227. The number of nitrogens with one attached hydrogen (secondary N) is 1. The van der Waals surface area contributed by atoms with Crippen molar-refractivity contribution in [3.05, 3.63) is 83.9 Å². The van der Waals surface area contributed by atoms with E-state index in [4.69, 9.17) is 0 Å². The van der Waals surface area contributed by atoms with Crippen LogP contribution in [0.5, 0.6) is 0 Å². The minimum absolute atomic E-state index is 0.0738. The number of nitrogens with zero attached hydrogens (tertiary/aromatic N) is 3. The van der Waals surface area contributed by atoms with Crippen LogP contribution < -0.4 is 5.32 Å². The molecule has 1 aromatic heterocycles. The molecule has 2 amide bonds. The van der Waals surface area contributed by atoms with Crippen molar-refractivity contribution in [2.24, 2.45) is 0 Å². The lowest BCUT2D eigenvalue weighted by Crippen LogP contribution is -2.33. The van der Waals surface area contributed by atoms with E-state index in [0.717, 1.165) is 0 Å². The Balaban J connectivity index is 1.54. The van der Waals surface area contributed by atoms with Gasteiger partial charge in [-0.15, -0.1) is 0 Å². The summed E-state index contributed by atoms with van der Waals surface area (Å²) in [5.41, 5.74) is 1.98. The van der Waals surface area contributed by atoms with Crippen LogP contribution in [0.1, 0.15) is 28.8 Å². The maximum Gasteiger partial charge on any atom is 0.255 e. The zero-order chi connectivity index (χ0) is 20.8. The van der Waals surface area contributed by atoms with Crippen molar-refractivity contribution < 1.29 is 14.0 Å². The average molecular weight is 394 g/mol. The van der Waals surface area contributed by atoms with E-state index in [9.17, 15) is 14.0 Å². The van der Waals surface area contributed by atoms with Crippen LogP contribution in [-0.2, 0) is 11.3 Å². The molecule has 1 atom stereocenters. The van der Waals surface area contributed by atoms with Gasteiger partial charge in [0.1, 0.15) is 12.4 Å². The Morgan fingerprint density at radius 2 is 1.83 bits per heavy atom. The smallest absolute Gasteiger partial charge is 0.255 e. The van der Waals surface area contributed by atoms with Crippen LogP contribution in [0, 0.1) is 5.82 Å². The van der Waals surface area contributed by atoms with Crippen LogP contribution in [0.3, 0.4) is 0 Å². The second kappa shape index (κ2) is 9.14. The summed E-state index contributed by atoms with van der Waals surface area (Å²) in [4.78, 5) is 26.4. The number of hydrogen-bond acceptors (Lipinski definition) is 3. The summed E-state index contributed by atoms with van der Waals surface area (Å²) in [6.07, 6.45) is 3.06. The third-order valence-corrected chi connectivity index (χ3v) is 4.64. The fourth-order valence-electron chi connectivity index (χ4n) is 2.98. The molecular weight excluding hydrogens is 371 g/mol. The van der Waals surface area contributed by atoms with E-state index < -0.39 is 5.82 Å². The molecule has 0 saturated heterocycles. The molecule has 0 bridgehead atoms. The van der Waals surface area contributed by atoms with Crippen molar-refractivity contribution in [3.8, 4) is 0 Å². The lowest BCUT2D eigenvalue weighted by molar-refractivity contribution is -0.130. The first-order valence-electron chi connectivity index (χ1n) is 9.30. The summed E-state index contributed by atoms with van der Waals surface area (Å²) < 4.78 is 14.4. The molecule has 0 fully saturated rings. The van der Waals surface area contributed by atoms with Crippen molar-refractivity contribution in [2.45, 2.75) is 19.4 Å². The average Bonchev–Trinajstić information content (AvgIpc) is 3.15. The molecule has 0 saturated carbocycles. The van der Waals surface area contributed by atoms with Crippen molar-refractivity contribution in [1.29, 1.82) is 0 Å². The molecule has 7 heteroatoms. The monoisotopic (exact) mass is 394 g/mol. The molecular formula is C22H23FN4O2. The summed E-state index contributed by atoms with van der Waals surface area (Å²) in [6, 6.07) is 15.3. The summed E-state index contributed by atoms with van der Waals surface area (Å²) in [7, 11) is 1.77. The number of amides is 2. The van der Waals surface area contributed by atoms with Crippen LogP contribution >= 0.6 is 0 Å². The maximum absolute atomic E-state index is 13.0. The molecule has 1 heterocycles. The molecule has 0 aliphatic rings. The van der Waals surface area contributed by atoms with Crippen LogP contribution in [0.4, 0.5) is 10.1 Å². The van der Waals surface area contributed by atoms with E-state index in [1.807, 2.05) is 30.3 Å². The highest BCUT2D eigenvalue weighted by Crippen LogP contribution is 2.16. The van der Waals surface area contributed by atoms with E-state index >= 15 is 0 Å². The van der Waals surface area contributed by atoms with Gasteiger partial charge in [-0.25, -0.2) is 4.39 Å². The predicted molar refractivity (Wildman–Crippen MR) is 109 cm³/mol. The zero-order valence-electron chi connectivity index (χ0n) is 16.4. The van der Waals surface area contributed by atoms with Crippen molar-refractivity contribution in [3.63, 3.8) is 0 Å². The van der Waals surface area contributed by atoms with E-state index in [2.05, 4.69) is 17.3 Å². The van der Waals surface area contributed by atoms with Gasteiger partial charge in [0.2, 0.25) is 5.91 Å². The van der Waals surface area contributed by atoms with Crippen molar-refractivity contribution >= 4 is 17.5 Å². The number of aromatic nitrogens is 2. The van der Waals surface area contributed by atoms with Gasteiger partial charge in [-0.3, -0.25) is 14.3 Å². The first-order chi connectivity index (χ1) is 13.9. The molecule has 3 aromatic rings. The third-order valence-electron chi connectivity index (χ3n) is 4.64. The molecule has 29 heavy (non-hydrogen) atoms. The molecule has 150 valence electrons. The van der Waals surface area contributed by atoms with Gasteiger partial charge < -0.3 is 10.2 Å². The minimum atomic E-state index is -0.404. The number of hydrogen-bond donors (Lipinski definition) is 1. The molecule has 6 nitrogen and oxygen atoms in total.